The Hall–Kier alpha value is -3.36. The van der Waals surface area contributed by atoms with Crippen molar-refractivity contribution in [2.24, 2.45) is 0 Å². The highest BCUT2D eigenvalue weighted by molar-refractivity contribution is 5.59. The molecule has 2 aromatic carbocycles. The third-order valence-electron chi connectivity index (χ3n) is 3.20. The lowest BCUT2D eigenvalue weighted by molar-refractivity contribution is 0.415. The van der Waals surface area contributed by atoms with Gasteiger partial charge in [0, 0.05) is 5.69 Å². The molecule has 0 unspecified atom stereocenters. The molecule has 9 heteroatoms. The summed E-state index contributed by atoms with van der Waals surface area (Å²) in [5.74, 6) is -3.25. The molecule has 1 heterocycles. The second kappa shape index (κ2) is 7.04. The number of rotatable bonds is 5. The molecule has 0 saturated heterocycles. The third-order valence-corrected chi connectivity index (χ3v) is 3.20. The van der Waals surface area contributed by atoms with Gasteiger partial charge in [-0.2, -0.15) is 10.1 Å². The van der Waals surface area contributed by atoms with Crippen LogP contribution in [0.3, 0.4) is 0 Å². The van der Waals surface area contributed by atoms with E-state index in [1.165, 1.54) is 6.20 Å². The fourth-order valence-corrected chi connectivity index (χ4v) is 1.98. The van der Waals surface area contributed by atoms with E-state index in [2.05, 4.69) is 25.8 Å². The van der Waals surface area contributed by atoms with Gasteiger partial charge in [0.2, 0.25) is 5.95 Å². The van der Waals surface area contributed by atoms with Crippen molar-refractivity contribution in [3.8, 4) is 5.75 Å². The molecule has 3 rings (SSSR count). The van der Waals surface area contributed by atoms with E-state index in [-0.39, 0.29) is 17.5 Å². The van der Waals surface area contributed by atoms with Crippen molar-refractivity contribution < 1.29 is 17.9 Å². The first-order valence-corrected chi connectivity index (χ1v) is 7.08. The number of nitrogens with zero attached hydrogens (tertiary/aromatic N) is 3. The second-order valence-corrected chi connectivity index (χ2v) is 4.87. The molecule has 3 aromatic rings. The van der Waals surface area contributed by atoms with Crippen LogP contribution in [0.5, 0.6) is 5.75 Å². The Kier molecular flexibility index (Phi) is 4.64. The van der Waals surface area contributed by atoms with Crippen LogP contribution in [0.1, 0.15) is 0 Å². The molecule has 1 aromatic heterocycles. The molecule has 0 radical (unpaired) electrons. The van der Waals surface area contributed by atoms with Crippen molar-refractivity contribution in [2.45, 2.75) is 0 Å². The number of nitrogens with one attached hydrogen (secondary N) is 2. The molecule has 0 bridgehead atoms. The normalized spacial score (nSPS) is 10.4. The molecule has 0 aliphatic rings. The van der Waals surface area contributed by atoms with Crippen LogP contribution in [0.2, 0.25) is 0 Å². The van der Waals surface area contributed by atoms with E-state index < -0.39 is 17.5 Å². The number of hydrogen-bond donors (Lipinski definition) is 2. The van der Waals surface area contributed by atoms with E-state index in [0.717, 1.165) is 12.1 Å². The lowest BCUT2D eigenvalue weighted by Crippen LogP contribution is -2.04. The van der Waals surface area contributed by atoms with E-state index in [4.69, 9.17) is 4.74 Å². The zero-order chi connectivity index (χ0) is 17.8. The minimum atomic E-state index is -1.57. The minimum absolute atomic E-state index is 0.107. The lowest BCUT2D eigenvalue weighted by atomic mass is 10.3. The van der Waals surface area contributed by atoms with Crippen LogP contribution in [-0.2, 0) is 0 Å². The first-order valence-electron chi connectivity index (χ1n) is 7.08. The van der Waals surface area contributed by atoms with Crippen molar-refractivity contribution in [1.82, 2.24) is 15.2 Å². The van der Waals surface area contributed by atoms with Crippen LogP contribution in [0.4, 0.5) is 36.3 Å². The molecule has 0 saturated carbocycles. The molecule has 0 atom stereocenters. The fourth-order valence-electron chi connectivity index (χ4n) is 1.98. The van der Waals surface area contributed by atoms with Crippen LogP contribution < -0.4 is 15.4 Å². The zero-order valence-electron chi connectivity index (χ0n) is 12.9. The van der Waals surface area contributed by atoms with Gasteiger partial charge >= 0.3 is 0 Å². The SMILES string of the molecule is COc1ccc(Nc2nncc(Nc3ccc(F)c(F)c3F)n2)cc1. The van der Waals surface area contributed by atoms with Crippen molar-refractivity contribution in [2.75, 3.05) is 17.7 Å². The predicted octanol–water partition coefficient (Wildman–Crippen LogP) is 3.78. The Morgan fingerprint density at radius 1 is 0.920 bits per heavy atom. The van der Waals surface area contributed by atoms with E-state index in [9.17, 15) is 13.2 Å². The fraction of sp³-hybridized carbons (Fsp3) is 0.0625. The van der Waals surface area contributed by atoms with Crippen LogP contribution in [0.15, 0.2) is 42.6 Å². The van der Waals surface area contributed by atoms with E-state index in [1.807, 2.05) is 0 Å². The van der Waals surface area contributed by atoms with Gasteiger partial charge in [-0.1, -0.05) is 0 Å². The Labute approximate surface area is 140 Å². The molecule has 2 N–H and O–H groups in total. The highest BCUT2D eigenvalue weighted by Crippen LogP contribution is 2.23. The topological polar surface area (TPSA) is 72.0 Å². The summed E-state index contributed by atoms with van der Waals surface area (Å²) in [5.41, 5.74) is 0.411. The summed E-state index contributed by atoms with van der Waals surface area (Å²) < 4.78 is 45.0. The standard InChI is InChI=1S/C16H12F3N5O/c1-25-10-4-2-9(3-5-10)21-16-23-13(8-20-24-16)22-12-7-6-11(17)14(18)15(12)19/h2-8H,1H3,(H2,21,22,23,24). The van der Waals surface area contributed by atoms with Gasteiger partial charge in [0.15, 0.2) is 23.3 Å². The maximum atomic E-state index is 13.7. The van der Waals surface area contributed by atoms with Gasteiger partial charge in [-0.15, -0.1) is 5.10 Å². The van der Waals surface area contributed by atoms with Gasteiger partial charge in [0.05, 0.1) is 19.0 Å². The third kappa shape index (κ3) is 3.77. The molecule has 0 aliphatic carbocycles. The number of ether oxygens (including phenoxy) is 1. The van der Waals surface area contributed by atoms with Gasteiger partial charge in [0.1, 0.15) is 5.75 Å². The van der Waals surface area contributed by atoms with Gasteiger partial charge in [-0.25, -0.2) is 13.2 Å². The van der Waals surface area contributed by atoms with Gasteiger partial charge in [-0.05, 0) is 36.4 Å². The summed E-state index contributed by atoms with van der Waals surface area (Å²) >= 11 is 0. The van der Waals surface area contributed by atoms with Gasteiger partial charge in [-0.3, -0.25) is 0 Å². The zero-order valence-corrected chi connectivity index (χ0v) is 12.9. The van der Waals surface area contributed by atoms with Crippen molar-refractivity contribution >= 4 is 23.1 Å². The van der Waals surface area contributed by atoms with Crippen LogP contribution in [-0.4, -0.2) is 22.3 Å². The molecule has 0 fully saturated rings. The monoisotopic (exact) mass is 347 g/mol. The number of anilines is 4. The Balaban J connectivity index is 1.78. The van der Waals surface area contributed by atoms with Crippen LogP contribution in [0, 0.1) is 17.5 Å². The molecule has 0 aliphatic heterocycles. The second-order valence-electron chi connectivity index (χ2n) is 4.87. The summed E-state index contributed by atoms with van der Waals surface area (Å²) in [6.07, 6.45) is 1.22. The molecule has 25 heavy (non-hydrogen) atoms. The highest BCUT2D eigenvalue weighted by atomic mass is 19.2. The lowest BCUT2D eigenvalue weighted by Gasteiger charge is -2.09. The quantitative estimate of drug-likeness (QED) is 0.685. The number of halogens is 3. The molecule has 0 spiro atoms. The number of aromatic nitrogens is 3. The Morgan fingerprint density at radius 3 is 2.40 bits per heavy atom. The predicted molar refractivity (Wildman–Crippen MR) is 85.7 cm³/mol. The van der Waals surface area contributed by atoms with E-state index >= 15 is 0 Å². The van der Waals surface area contributed by atoms with Crippen molar-refractivity contribution in [3.05, 3.63) is 60.0 Å². The molecule has 0 amide bonds. The Bertz CT molecular complexity index is 889. The van der Waals surface area contributed by atoms with E-state index in [0.29, 0.717) is 11.4 Å². The summed E-state index contributed by atoms with van der Waals surface area (Å²) in [6.45, 7) is 0. The first kappa shape index (κ1) is 16.5. The van der Waals surface area contributed by atoms with Crippen LogP contribution >= 0.6 is 0 Å². The van der Waals surface area contributed by atoms with Gasteiger partial charge in [0.25, 0.3) is 0 Å². The summed E-state index contributed by atoms with van der Waals surface area (Å²) in [5, 5.41) is 13.0. The summed E-state index contributed by atoms with van der Waals surface area (Å²) in [4.78, 5) is 4.09. The molecular weight excluding hydrogens is 335 g/mol. The molecule has 6 nitrogen and oxygen atoms in total. The molecule has 128 valence electrons. The highest BCUT2D eigenvalue weighted by Gasteiger charge is 2.14. The van der Waals surface area contributed by atoms with Gasteiger partial charge < -0.3 is 15.4 Å². The number of hydrogen-bond acceptors (Lipinski definition) is 6. The maximum absolute atomic E-state index is 13.7. The summed E-state index contributed by atoms with van der Waals surface area (Å²) in [6, 6.07) is 8.86. The number of methoxy groups -OCH3 is 1. The molecular formula is C16H12F3N5O. The Morgan fingerprint density at radius 2 is 1.68 bits per heavy atom. The summed E-state index contributed by atoms with van der Waals surface area (Å²) in [7, 11) is 1.56. The first-order chi connectivity index (χ1) is 12.1. The smallest absolute Gasteiger partial charge is 0.249 e. The minimum Gasteiger partial charge on any atom is -0.497 e. The maximum Gasteiger partial charge on any atom is 0.249 e. The van der Waals surface area contributed by atoms with E-state index in [1.54, 1.807) is 31.4 Å². The van der Waals surface area contributed by atoms with Crippen molar-refractivity contribution in [1.29, 1.82) is 0 Å². The average molecular weight is 347 g/mol. The average Bonchev–Trinajstić information content (AvgIpc) is 2.63. The largest absolute Gasteiger partial charge is 0.497 e. The van der Waals surface area contributed by atoms with Crippen molar-refractivity contribution in [3.63, 3.8) is 0 Å². The van der Waals surface area contributed by atoms with Crippen LogP contribution in [0.25, 0.3) is 0 Å². The number of benzene rings is 2.